The maximum Gasteiger partial charge on any atom is 0.259 e. The number of carbonyl (C=O) groups is 1. The van der Waals surface area contributed by atoms with Crippen molar-refractivity contribution in [2.24, 2.45) is 0 Å². The monoisotopic (exact) mass is 334 g/mol. The van der Waals surface area contributed by atoms with Crippen molar-refractivity contribution in [2.45, 2.75) is 32.1 Å². The van der Waals surface area contributed by atoms with Gasteiger partial charge in [0.1, 0.15) is 5.56 Å². The predicted octanol–water partition coefficient (Wildman–Crippen LogP) is 3.80. The van der Waals surface area contributed by atoms with Crippen molar-refractivity contribution < 1.29 is 4.79 Å². The van der Waals surface area contributed by atoms with E-state index < -0.39 is 0 Å². The quantitative estimate of drug-likeness (QED) is 0.716. The van der Waals surface area contributed by atoms with E-state index in [4.69, 9.17) is 0 Å². The standard InChI is InChI=1S/C20H22N4O/c25-20(23-13-7-2-1-3-8-14-23)17-15-22-24-18(11-12-21-19(17)24)16-9-5-4-6-10-16/h4-6,9-12,15H,1-3,7-8,13-14H2. The molecule has 25 heavy (non-hydrogen) atoms. The number of nitrogens with zero attached hydrogens (tertiary/aromatic N) is 4. The Hall–Kier alpha value is -2.69. The van der Waals surface area contributed by atoms with E-state index in [1.165, 1.54) is 19.3 Å². The summed E-state index contributed by atoms with van der Waals surface area (Å²) in [7, 11) is 0. The van der Waals surface area contributed by atoms with E-state index in [1.807, 2.05) is 41.3 Å². The van der Waals surface area contributed by atoms with Crippen molar-refractivity contribution in [3.63, 3.8) is 0 Å². The normalized spacial score (nSPS) is 15.8. The minimum absolute atomic E-state index is 0.0506. The SMILES string of the molecule is O=C(c1cnn2c(-c3ccccc3)ccnc12)N1CCCCCCC1. The van der Waals surface area contributed by atoms with E-state index in [0.29, 0.717) is 11.2 Å². The first-order valence-electron chi connectivity index (χ1n) is 9.02. The highest BCUT2D eigenvalue weighted by Gasteiger charge is 2.22. The number of amides is 1. The first kappa shape index (κ1) is 15.8. The molecule has 3 heterocycles. The van der Waals surface area contributed by atoms with Crippen molar-refractivity contribution in [3.05, 3.63) is 54.4 Å². The summed E-state index contributed by atoms with van der Waals surface area (Å²) in [5.74, 6) is 0.0506. The van der Waals surface area contributed by atoms with E-state index in [-0.39, 0.29) is 5.91 Å². The Labute approximate surface area is 147 Å². The van der Waals surface area contributed by atoms with Crippen molar-refractivity contribution >= 4 is 11.6 Å². The molecule has 5 heteroatoms. The minimum Gasteiger partial charge on any atom is -0.338 e. The van der Waals surface area contributed by atoms with Crippen LogP contribution in [0.1, 0.15) is 42.5 Å². The molecule has 128 valence electrons. The number of rotatable bonds is 2. The fraction of sp³-hybridized carbons (Fsp3) is 0.350. The fourth-order valence-electron chi connectivity index (χ4n) is 3.49. The van der Waals surface area contributed by atoms with Crippen LogP contribution in [-0.4, -0.2) is 38.5 Å². The van der Waals surface area contributed by atoms with Gasteiger partial charge in [0.05, 0.1) is 11.9 Å². The van der Waals surface area contributed by atoms with E-state index in [9.17, 15) is 4.79 Å². The third-order valence-electron chi connectivity index (χ3n) is 4.84. The van der Waals surface area contributed by atoms with Gasteiger partial charge in [-0.2, -0.15) is 5.10 Å². The number of aromatic nitrogens is 3. The molecule has 5 nitrogen and oxygen atoms in total. The average molecular weight is 334 g/mol. The molecule has 2 aromatic heterocycles. The van der Waals surface area contributed by atoms with E-state index in [0.717, 1.165) is 37.2 Å². The number of carbonyl (C=O) groups excluding carboxylic acids is 1. The van der Waals surface area contributed by atoms with Gasteiger partial charge in [0.25, 0.3) is 5.91 Å². The van der Waals surface area contributed by atoms with Gasteiger partial charge in [-0.25, -0.2) is 9.50 Å². The van der Waals surface area contributed by atoms with Crippen molar-refractivity contribution in [1.29, 1.82) is 0 Å². The summed E-state index contributed by atoms with van der Waals surface area (Å²) in [6.45, 7) is 1.66. The molecule has 0 atom stereocenters. The van der Waals surface area contributed by atoms with Crippen LogP contribution in [0, 0.1) is 0 Å². The topological polar surface area (TPSA) is 50.5 Å². The summed E-state index contributed by atoms with van der Waals surface area (Å²) in [6, 6.07) is 12.0. The predicted molar refractivity (Wildman–Crippen MR) is 97.4 cm³/mol. The number of hydrogen-bond acceptors (Lipinski definition) is 3. The maximum atomic E-state index is 13.0. The molecular formula is C20H22N4O. The van der Waals surface area contributed by atoms with Crippen LogP contribution in [0.15, 0.2) is 48.8 Å². The molecule has 1 aromatic carbocycles. The Kier molecular flexibility index (Phi) is 4.46. The highest BCUT2D eigenvalue weighted by atomic mass is 16.2. The van der Waals surface area contributed by atoms with Crippen LogP contribution >= 0.6 is 0 Å². The fourth-order valence-corrected chi connectivity index (χ4v) is 3.49. The summed E-state index contributed by atoms with van der Waals surface area (Å²) < 4.78 is 1.77. The van der Waals surface area contributed by atoms with Gasteiger partial charge in [-0.1, -0.05) is 49.6 Å². The van der Waals surface area contributed by atoms with Gasteiger partial charge < -0.3 is 4.90 Å². The summed E-state index contributed by atoms with van der Waals surface area (Å²) in [6.07, 6.45) is 9.26. The van der Waals surface area contributed by atoms with Gasteiger partial charge in [0.15, 0.2) is 5.65 Å². The molecule has 4 rings (SSSR count). The molecule has 0 N–H and O–H groups in total. The van der Waals surface area contributed by atoms with Gasteiger partial charge in [-0.3, -0.25) is 4.79 Å². The molecule has 0 radical (unpaired) electrons. The largest absolute Gasteiger partial charge is 0.338 e. The molecule has 0 unspecified atom stereocenters. The van der Waals surface area contributed by atoms with Crippen LogP contribution < -0.4 is 0 Å². The third-order valence-corrected chi connectivity index (χ3v) is 4.84. The van der Waals surface area contributed by atoms with Gasteiger partial charge in [-0.15, -0.1) is 0 Å². The lowest BCUT2D eigenvalue weighted by Crippen LogP contribution is -2.33. The number of fused-ring (bicyclic) bond motifs is 1. The Morgan fingerprint density at radius 2 is 1.64 bits per heavy atom. The molecule has 1 aliphatic rings. The summed E-state index contributed by atoms with van der Waals surface area (Å²) >= 11 is 0. The van der Waals surface area contributed by atoms with Crippen LogP contribution in [0.4, 0.5) is 0 Å². The van der Waals surface area contributed by atoms with Crippen molar-refractivity contribution in [2.75, 3.05) is 13.1 Å². The first-order chi connectivity index (χ1) is 12.3. The summed E-state index contributed by atoms with van der Waals surface area (Å²) in [4.78, 5) is 19.4. The molecule has 3 aromatic rings. The average Bonchev–Trinajstić information content (AvgIpc) is 3.06. The number of likely N-dealkylation sites (tertiary alicyclic amines) is 1. The van der Waals surface area contributed by atoms with E-state index in [1.54, 1.807) is 16.9 Å². The molecular weight excluding hydrogens is 312 g/mol. The molecule has 1 saturated heterocycles. The zero-order valence-electron chi connectivity index (χ0n) is 14.3. The minimum atomic E-state index is 0.0506. The van der Waals surface area contributed by atoms with E-state index >= 15 is 0 Å². The second-order valence-electron chi connectivity index (χ2n) is 6.55. The molecule has 0 aliphatic carbocycles. The zero-order chi connectivity index (χ0) is 17.1. The van der Waals surface area contributed by atoms with Gasteiger partial charge >= 0.3 is 0 Å². The Morgan fingerprint density at radius 3 is 2.40 bits per heavy atom. The zero-order valence-corrected chi connectivity index (χ0v) is 14.3. The highest BCUT2D eigenvalue weighted by Crippen LogP contribution is 2.22. The molecule has 0 spiro atoms. The smallest absolute Gasteiger partial charge is 0.259 e. The highest BCUT2D eigenvalue weighted by molar-refractivity contribution is 5.99. The van der Waals surface area contributed by atoms with Crippen LogP contribution in [0.2, 0.25) is 0 Å². The van der Waals surface area contributed by atoms with Gasteiger partial charge in [-0.05, 0) is 18.9 Å². The van der Waals surface area contributed by atoms with Crippen LogP contribution in [0.3, 0.4) is 0 Å². The summed E-state index contributed by atoms with van der Waals surface area (Å²) in [5, 5.41) is 4.46. The second-order valence-corrected chi connectivity index (χ2v) is 6.55. The summed E-state index contributed by atoms with van der Waals surface area (Å²) in [5.41, 5.74) is 3.23. The Balaban J connectivity index is 1.70. The van der Waals surface area contributed by atoms with Crippen molar-refractivity contribution in [1.82, 2.24) is 19.5 Å². The molecule has 0 bridgehead atoms. The van der Waals surface area contributed by atoms with Gasteiger partial charge in [0, 0.05) is 24.8 Å². The third kappa shape index (κ3) is 3.14. The van der Waals surface area contributed by atoms with Crippen LogP contribution in [-0.2, 0) is 0 Å². The molecule has 0 saturated carbocycles. The first-order valence-corrected chi connectivity index (χ1v) is 9.02. The number of hydrogen-bond donors (Lipinski definition) is 0. The Morgan fingerprint density at radius 1 is 0.920 bits per heavy atom. The molecule has 1 fully saturated rings. The lowest BCUT2D eigenvalue weighted by atomic mass is 10.1. The second kappa shape index (κ2) is 7.05. The van der Waals surface area contributed by atoms with Gasteiger partial charge in [0.2, 0.25) is 0 Å². The number of benzene rings is 1. The molecule has 1 amide bonds. The maximum absolute atomic E-state index is 13.0. The lowest BCUT2D eigenvalue weighted by Gasteiger charge is -2.24. The molecule has 1 aliphatic heterocycles. The van der Waals surface area contributed by atoms with Crippen molar-refractivity contribution in [3.8, 4) is 11.3 Å². The van der Waals surface area contributed by atoms with E-state index in [2.05, 4.69) is 10.1 Å². The van der Waals surface area contributed by atoms with Crippen LogP contribution in [0.5, 0.6) is 0 Å². The van der Waals surface area contributed by atoms with Crippen LogP contribution in [0.25, 0.3) is 16.9 Å². The Bertz CT molecular complexity index is 864. The lowest BCUT2D eigenvalue weighted by molar-refractivity contribution is 0.0744.